The number of nitriles is 2. The Bertz CT molecular complexity index is 4140. The molecule has 2 aromatic heterocycles. The van der Waals surface area contributed by atoms with Gasteiger partial charge in [-0.1, -0.05) is 45.8 Å². The number of thiophene rings is 1. The number of nitrogens with one attached hydrogen (secondary N) is 3. The van der Waals surface area contributed by atoms with Crippen molar-refractivity contribution in [3.63, 3.8) is 0 Å². The maximum Gasteiger partial charge on any atom is 1.00 e. The molecule has 5 aromatic carbocycles. The number of hydrogen-bond acceptors (Lipinski definition) is 26. The first-order valence-electron chi connectivity index (χ1n) is 19.8. The van der Waals surface area contributed by atoms with Crippen molar-refractivity contribution >= 4 is 147 Å². The number of aromatic nitrogens is 1. The Morgan fingerprint density at radius 3 is 1.77 bits per heavy atom. The van der Waals surface area contributed by atoms with E-state index in [1.54, 1.807) is 30.3 Å². The van der Waals surface area contributed by atoms with Crippen molar-refractivity contribution in [1.82, 2.24) is 4.98 Å². The second-order valence-corrected chi connectivity index (χ2v) is 20.8. The summed E-state index contributed by atoms with van der Waals surface area (Å²) in [6.07, 6.45) is 0. The van der Waals surface area contributed by atoms with Gasteiger partial charge in [-0.15, -0.1) is 74.2 Å². The third-order valence-corrected chi connectivity index (χ3v) is 13.7. The molecule has 3 N–H and O–H groups in total. The first-order chi connectivity index (χ1) is 35.2. The number of halogens is 2. The zero-order valence-electron chi connectivity index (χ0n) is 42.2. The molecule has 0 fully saturated rings. The molecule has 38 heteroatoms. The van der Waals surface area contributed by atoms with E-state index in [0.717, 1.165) is 41.7 Å². The van der Waals surface area contributed by atoms with Gasteiger partial charge in [-0.3, -0.25) is 8.42 Å². The summed E-state index contributed by atoms with van der Waals surface area (Å²) in [5, 5.41) is 46.6. The van der Waals surface area contributed by atoms with Crippen LogP contribution >= 0.6 is 34.5 Å². The number of hydrogen-bond donors (Lipinski definition) is 3. The molecule has 80 heavy (non-hydrogen) atoms. The van der Waals surface area contributed by atoms with Gasteiger partial charge in [0.05, 0.1) is 31.3 Å². The van der Waals surface area contributed by atoms with Crippen LogP contribution in [0.5, 0.6) is 0 Å². The Balaban J connectivity index is 0.00000450. The van der Waals surface area contributed by atoms with Gasteiger partial charge in [0.1, 0.15) is 54.4 Å². The van der Waals surface area contributed by atoms with Gasteiger partial charge in [0.2, 0.25) is 0 Å². The Labute approximate surface area is 533 Å². The fourth-order valence-electron chi connectivity index (χ4n) is 6.48. The van der Waals surface area contributed by atoms with E-state index in [0.29, 0.717) is 28.5 Å². The first kappa shape index (κ1) is 75.3. The fraction of sp³-hybridized carbons (Fsp3) is 0.0714. The largest absolute Gasteiger partial charge is 1.00 e. The number of anilines is 5. The van der Waals surface area contributed by atoms with E-state index in [1.807, 2.05) is 13.0 Å². The van der Waals surface area contributed by atoms with Crippen LogP contribution in [-0.4, -0.2) is 75.7 Å². The summed E-state index contributed by atoms with van der Waals surface area (Å²) in [6, 6.07) is 28.1. The third-order valence-electron chi connectivity index (χ3n) is 9.41. The number of benzene rings is 5. The minimum atomic E-state index is -5.28. The predicted molar refractivity (Wildman–Crippen MR) is 265 cm³/mol. The summed E-state index contributed by atoms with van der Waals surface area (Å²) >= 11 is 12.9. The van der Waals surface area contributed by atoms with Crippen LogP contribution in [0.2, 0.25) is 10.0 Å². The molecule has 0 bridgehead atoms. The summed E-state index contributed by atoms with van der Waals surface area (Å²) in [7, 11) is -21.7. The van der Waals surface area contributed by atoms with Crippen LogP contribution in [-0.2, 0) is 51.6 Å². The van der Waals surface area contributed by atoms with Crippen LogP contribution in [0.15, 0.2) is 120 Å². The molecule has 7 rings (SSSR count). The molecule has 0 spiro atoms. The van der Waals surface area contributed by atoms with Gasteiger partial charge < -0.3 is 29.6 Å². The molecule has 388 valence electrons. The molecule has 0 atom stereocenters. The topological polar surface area (TPSA) is 420 Å². The van der Waals surface area contributed by atoms with Crippen molar-refractivity contribution in [1.29, 1.82) is 10.5 Å². The molecule has 0 saturated heterocycles. The number of pyridine rings is 1. The normalized spacial score (nSPS) is 10.7. The molecule has 0 aliphatic carbocycles. The molecular weight excluding hydrogens is 1180 g/mol. The average Bonchev–Trinajstić information content (AvgIpc) is 3.67. The van der Waals surface area contributed by atoms with Crippen LogP contribution in [0.4, 0.5) is 50.1 Å². The van der Waals surface area contributed by atoms with E-state index in [9.17, 15) is 49.4 Å². The zero-order chi connectivity index (χ0) is 55.6. The SMILES string of the molecule is CCNc1cccc(-c2c(N=Nc3cc(S(=O)(=O)[O-])c4c[c-]cc(S(=O)(=O)[O-])c4c3)sc(N=Nc3c(Nc4c[c-]c(Cl)cc4)nc(Nc4ccc(Cl)c(S(=O)(=O)[O-])c4)c(C#N)c3C)c2C#N)c1.O=S(=O)=O.O=S(=O)=O.[Li+].[Li+].[Li+].[Li+].[Li+]. The van der Waals surface area contributed by atoms with Crippen LogP contribution < -0.4 is 110 Å². The van der Waals surface area contributed by atoms with Crippen molar-refractivity contribution < 1.29 is 158 Å². The van der Waals surface area contributed by atoms with Gasteiger partial charge in [0, 0.05) is 33.9 Å². The van der Waals surface area contributed by atoms with Crippen molar-refractivity contribution in [2.45, 2.75) is 28.5 Å². The van der Waals surface area contributed by atoms with Gasteiger partial charge >= 0.3 is 116 Å². The molecule has 0 aliphatic heterocycles. The maximum absolute atomic E-state index is 12.4. The standard InChI is InChI=1S/C42H28Cl2N10O9S4.5Li.2O3S/c1-3-47-26-7-4-6-23(16-26)37-32(21-46)41(64-42(37)54-51-28-17-30-29(35(19-28)66(58,59)60)8-5-9-34(30)65(55,56)57)53-52-38-22(2)31(20-45)39(50-40(38)48-25-12-10-24(43)11-13-25)49-27-14-15-33(44)36(18-27)67(61,62)63;;;;;;2*1-4(2)3/h4,6-10,12-19,47H,3H2,1-2H3,(H2,48,49,50)(H,55,56,57)(H,58,59,60)(H,61,62,63);;;;;;;/q-2;5*+1;;/p-3. The molecular formula is C42H25Cl2Li5N10O15S6. The molecule has 25 nitrogen and oxygen atoms in total. The number of rotatable bonds is 14. The molecule has 0 unspecified atom stereocenters. The second-order valence-electron chi connectivity index (χ2n) is 14.2. The molecule has 7 aromatic rings. The van der Waals surface area contributed by atoms with Crippen LogP contribution in [0.25, 0.3) is 21.9 Å². The van der Waals surface area contributed by atoms with Gasteiger partial charge in [0.15, 0.2) is 10.8 Å². The minimum Gasteiger partial charge on any atom is -0.754 e. The maximum atomic E-state index is 12.4. The molecule has 0 radical (unpaired) electrons. The predicted octanol–water partition coefficient (Wildman–Crippen LogP) is -6.60. The molecule has 0 saturated carbocycles. The Hall–Kier alpha value is -4.67. The zero-order valence-corrected chi connectivity index (χ0v) is 48.7. The monoisotopic (exact) mass is 1210 g/mol. The van der Waals surface area contributed by atoms with Gasteiger partial charge in [-0.25, -0.2) is 21.8 Å². The fourth-order valence-corrected chi connectivity index (χ4v) is 9.85. The Morgan fingerprint density at radius 2 is 1.23 bits per heavy atom. The van der Waals surface area contributed by atoms with Crippen molar-refractivity contribution in [2.75, 3.05) is 22.5 Å². The van der Waals surface area contributed by atoms with Crippen LogP contribution in [0.3, 0.4) is 0 Å². The summed E-state index contributed by atoms with van der Waals surface area (Å²) in [6.45, 7) is 3.93. The van der Waals surface area contributed by atoms with Crippen LogP contribution in [0.1, 0.15) is 23.6 Å². The molecule has 2 heterocycles. The van der Waals surface area contributed by atoms with Gasteiger partial charge in [-0.05, 0) is 66.8 Å². The van der Waals surface area contributed by atoms with Gasteiger partial charge in [0.25, 0.3) is 0 Å². The summed E-state index contributed by atoms with van der Waals surface area (Å²) in [5.41, 5.74) is 1.38. The van der Waals surface area contributed by atoms with E-state index in [-0.39, 0.29) is 166 Å². The first-order valence-corrected chi connectivity index (χ1v) is 27.6. The number of nitrogens with zero attached hydrogens (tertiary/aromatic N) is 7. The summed E-state index contributed by atoms with van der Waals surface area (Å²) < 4.78 is 160. The second kappa shape index (κ2) is 32.8. The molecule has 0 aliphatic rings. The molecule has 0 amide bonds. The van der Waals surface area contributed by atoms with Gasteiger partial charge in [-0.2, -0.15) is 46.9 Å². The van der Waals surface area contributed by atoms with E-state index in [2.05, 4.69) is 59.6 Å². The summed E-state index contributed by atoms with van der Waals surface area (Å²) in [4.78, 5) is 2.11. The Morgan fingerprint density at radius 1 is 0.650 bits per heavy atom. The van der Waals surface area contributed by atoms with Crippen molar-refractivity contribution in [2.24, 2.45) is 20.5 Å². The van der Waals surface area contributed by atoms with Crippen LogP contribution in [0, 0.1) is 41.7 Å². The van der Waals surface area contributed by atoms with E-state index >= 15 is 0 Å². The van der Waals surface area contributed by atoms with E-state index < -0.39 is 71.6 Å². The number of azo groups is 2. The quantitative estimate of drug-likeness (QED) is 0.0394. The Kier molecular flexibility index (Phi) is 30.9. The summed E-state index contributed by atoms with van der Waals surface area (Å²) in [5.74, 6) is -0.120. The van der Waals surface area contributed by atoms with E-state index in [4.69, 9.17) is 48.5 Å². The minimum absolute atomic E-state index is 0. The van der Waals surface area contributed by atoms with Crippen molar-refractivity contribution in [3.05, 3.63) is 124 Å². The van der Waals surface area contributed by atoms with E-state index in [1.165, 1.54) is 31.2 Å². The average molecular weight is 1210 g/mol. The smallest absolute Gasteiger partial charge is 0.754 e. The third kappa shape index (κ3) is 20.3. The number of fused-ring (bicyclic) bond motifs is 1. The van der Waals surface area contributed by atoms with Crippen molar-refractivity contribution in [3.8, 4) is 23.3 Å².